The van der Waals surface area contributed by atoms with E-state index in [9.17, 15) is 0 Å². The summed E-state index contributed by atoms with van der Waals surface area (Å²) in [5.41, 5.74) is 6.71. The lowest BCUT2D eigenvalue weighted by Gasteiger charge is -2.22. The van der Waals surface area contributed by atoms with Crippen molar-refractivity contribution >= 4 is 46.6 Å². The van der Waals surface area contributed by atoms with Crippen LogP contribution in [0.3, 0.4) is 0 Å². The summed E-state index contributed by atoms with van der Waals surface area (Å²) in [5, 5.41) is 1.10. The monoisotopic (exact) mass is 405 g/mol. The topological polar surface area (TPSA) is 59.5 Å². The van der Waals surface area contributed by atoms with Gasteiger partial charge >= 0.3 is 0 Å². The molecule has 0 spiro atoms. The minimum Gasteiger partial charge on any atom is -0.341 e. The van der Waals surface area contributed by atoms with Crippen LogP contribution in [-0.2, 0) is 0 Å². The van der Waals surface area contributed by atoms with E-state index in [-0.39, 0.29) is 0 Å². The van der Waals surface area contributed by atoms with Crippen LogP contribution >= 0.6 is 35.0 Å². The van der Waals surface area contributed by atoms with Crippen LogP contribution in [0.25, 0.3) is 5.65 Å². The minimum atomic E-state index is 0.548. The van der Waals surface area contributed by atoms with Crippen molar-refractivity contribution in [2.45, 2.75) is 9.79 Å². The highest BCUT2D eigenvalue weighted by atomic mass is 35.5. The molecule has 5 rings (SSSR count). The van der Waals surface area contributed by atoms with Crippen molar-refractivity contribution in [1.29, 1.82) is 0 Å². The fourth-order valence-electron chi connectivity index (χ4n) is 4.03. The highest BCUT2D eigenvalue weighted by molar-refractivity contribution is 7.99. The van der Waals surface area contributed by atoms with Crippen LogP contribution in [0.4, 0.5) is 5.95 Å². The molecule has 8 heteroatoms. The van der Waals surface area contributed by atoms with Gasteiger partial charge < -0.3 is 10.6 Å². The molecule has 5 nitrogen and oxygen atoms in total. The Balaban J connectivity index is 1.47. The first-order chi connectivity index (χ1) is 12.7. The maximum absolute atomic E-state index is 6.33. The van der Waals surface area contributed by atoms with Gasteiger partial charge in [0, 0.05) is 36.6 Å². The molecule has 2 N–H and O–H groups in total. The van der Waals surface area contributed by atoms with Gasteiger partial charge in [0.15, 0.2) is 5.65 Å². The van der Waals surface area contributed by atoms with E-state index in [0.29, 0.717) is 16.0 Å². The fraction of sp³-hybridized carbons (Fsp3) is 0.333. The molecule has 1 saturated carbocycles. The van der Waals surface area contributed by atoms with Gasteiger partial charge in [-0.2, -0.15) is 0 Å². The molecule has 134 valence electrons. The lowest BCUT2D eigenvalue weighted by molar-refractivity contribution is 0.636. The molecule has 2 fully saturated rings. The number of anilines is 1. The third-order valence-electron chi connectivity index (χ3n) is 5.44. The van der Waals surface area contributed by atoms with Gasteiger partial charge in [0.05, 0.1) is 14.9 Å². The molecule has 26 heavy (non-hydrogen) atoms. The third-order valence-corrected chi connectivity index (χ3v) is 7.44. The molecule has 2 aliphatic rings. The number of imidazole rings is 1. The van der Waals surface area contributed by atoms with Gasteiger partial charge in [-0.25, -0.2) is 9.97 Å². The molecule has 0 radical (unpaired) electrons. The first kappa shape index (κ1) is 16.7. The van der Waals surface area contributed by atoms with Crippen LogP contribution < -0.4 is 10.6 Å². The molecule has 1 unspecified atom stereocenters. The Bertz CT molecular complexity index is 979. The number of nitrogens with zero attached hydrogens (tertiary/aromatic N) is 4. The average Bonchev–Trinajstić information content (AvgIpc) is 3.02. The van der Waals surface area contributed by atoms with Gasteiger partial charge in [-0.15, -0.1) is 0 Å². The summed E-state index contributed by atoms with van der Waals surface area (Å²) in [6, 6.07) is 5.63. The van der Waals surface area contributed by atoms with E-state index in [1.807, 2.05) is 30.7 Å². The first-order valence-corrected chi connectivity index (χ1v) is 10.1. The maximum Gasteiger partial charge on any atom is 0.211 e. The molecule has 3 atom stereocenters. The van der Waals surface area contributed by atoms with Crippen LogP contribution in [0, 0.1) is 17.8 Å². The zero-order chi connectivity index (χ0) is 17.8. The number of hydrogen-bond donors (Lipinski definition) is 1. The summed E-state index contributed by atoms with van der Waals surface area (Å²) in [6.45, 7) is 2.85. The van der Waals surface area contributed by atoms with E-state index < -0.39 is 0 Å². The number of benzene rings is 1. The Hall–Kier alpha value is -1.47. The van der Waals surface area contributed by atoms with Crippen molar-refractivity contribution in [2.75, 3.05) is 24.5 Å². The number of rotatable bonds is 4. The van der Waals surface area contributed by atoms with Gasteiger partial charge in [0.2, 0.25) is 5.95 Å². The SMILES string of the molecule is NCC1[C@H]2CN(c3ncc(Sc4cccc(Cl)c4Cl)c4nccn34)C[C@@H]12. The Morgan fingerprint density at radius 3 is 2.73 bits per heavy atom. The third kappa shape index (κ3) is 2.59. The summed E-state index contributed by atoms with van der Waals surface area (Å²) in [5.74, 6) is 3.09. The Morgan fingerprint density at radius 1 is 1.15 bits per heavy atom. The summed E-state index contributed by atoms with van der Waals surface area (Å²) >= 11 is 14.0. The smallest absolute Gasteiger partial charge is 0.211 e. The molecule has 0 amide bonds. The number of halogens is 2. The largest absolute Gasteiger partial charge is 0.341 e. The van der Waals surface area contributed by atoms with Gasteiger partial charge in [0.25, 0.3) is 0 Å². The normalized spacial score (nSPS) is 24.3. The molecule has 3 heterocycles. The second-order valence-corrected chi connectivity index (χ2v) is 8.70. The lowest BCUT2D eigenvalue weighted by Crippen LogP contribution is -2.28. The van der Waals surface area contributed by atoms with E-state index in [0.717, 1.165) is 52.9 Å². The summed E-state index contributed by atoms with van der Waals surface area (Å²) in [6.07, 6.45) is 5.65. The highest BCUT2D eigenvalue weighted by Crippen LogP contribution is 2.51. The fourth-order valence-corrected chi connectivity index (χ4v) is 5.44. The highest BCUT2D eigenvalue weighted by Gasteiger charge is 2.55. The van der Waals surface area contributed by atoms with Gasteiger partial charge in [-0.3, -0.25) is 4.40 Å². The number of aromatic nitrogens is 3. The van der Waals surface area contributed by atoms with E-state index in [4.69, 9.17) is 33.9 Å². The van der Waals surface area contributed by atoms with E-state index in [1.165, 1.54) is 11.8 Å². The molecule has 1 saturated heterocycles. The second-order valence-electron chi connectivity index (χ2n) is 6.83. The maximum atomic E-state index is 6.33. The molecule has 1 aromatic carbocycles. The number of fused-ring (bicyclic) bond motifs is 2. The van der Waals surface area contributed by atoms with Crippen molar-refractivity contribution < 1.29 is 0 Å². The predicted molar refractivity (Wildman–Crippen MR) is 105 cm³/mol. The standard InChI is InChI=1S/C18H17Cl2N5S/c19-13-2-1-3-14(16(13)20)26-15-7-23-18(25-5-4-22-17(15)25)24-8-11-10(6-21)12(11)9-24/h1-5,7,10-12H,6,8-9,21H2/t10?,11-,12+. The van der Waals surface area contributed by atoms with Crippen LogP contribution in [-0.4, -0.2) is 34.0 Å². The second kappa shape index (κ2) is 6.30. The summed E-state index contributed by atoms with van der Waals surface area (Å²) in [4.78, 5) is 13.5. The molecular formula is C18H17Cl2N5S. The van der Waals surface area contributed by atoms with Gasteiger partial charge in [-0.05, 0) is 36.4 Å². The van der Waals surface area contributed by atoms with Crippen molar-refractivity contribution in [2.24, 2.45) is 23.5 Å². The summed E-state index contributed by atoms with van der Waals surface area (Å²) in [7, 11) is 0. The minimum absolute atomic E-state index is 0.548. The molecule has 3 aromatic rings. The van der Waals surface area contributed by atoms with Crippen molar-refractivity contribution in [1.82, 2.24) is 14.4 Å². The van der Waals surface area contributed by atoms with Crippen molar-refractivity contribution in [3.05, 3.63) is 46.8 Å². The van der Waals surface area contributed by atoms with E-state index >= 15 is 0 Å². The van der Waals surface area contributed by atoms with E-state index in [2.05, 4.69) is 14.3 Å². The Morgan fingerprint density at radius 2 is 1.96 bits per heavy atom. The van der Waals surface area contributed by atoms with Crippen LogP contribution in [0.15, 0.2) is 46.6 Å². The molecule has 1 aliphatic carbocycles. The van der Waals surface area contributed by atoms with Crippen molar-refractivity contribution in [3.63, 3.8) is 0 Å². The zero-order valence-corrected chi connectivity index (χ0v) is 16.2. The van der Waals surface area contributed by atoms with Gasteiger partial charge in [0.1, 0.15) is 0 Å². The molecule has 1 aliphatic heterocycles. The Labute approximate surface area is 165 Å². The first-order valence-electron chi connectivity index (χ1n) is 8.56. The van der Waals surface area contributed by atoms with Gasteiger partial charge in [-0.1, -0.05) is 41.0 Å². The number of piperidine rings is 1. The van der Waals surface area contributed by atoms with Crippen LogP contribution in [0.1, 0.15) is 0 Å². The molecular weight excluding hydrogens is 389 g/mol. The van der Waals surface area contributed by atoms with Crippen LogP contribution in [0.5, 0.6) is 0 Å². The Kier molecular flexibility index (Phi) is 4.05. The lowest BCUT2D eigenvalue weighted by atomic mass is 10.3. The van der Waals surface area contributed by atoms with E-state index in [1.54, 1.807) is 6.07 Å². The summed E-state index contributed by atoms with van der Waals surface area (Å²) < 4.78 is 2.06. The number of hydrogen-bond acceptors (Lipinski definition) is 5. The quantitative estimate of drug-likeness (QED) is 0.714. The predicted octanol–water partition coefficient (Wildman–Crippen LogP) is 3.83. The van der Waals surface area contributed by atoms with Crippen LogP contribution in [0.2, 0.25) is 10.0 Å². The molecule has 0 bridgehead atoms. The molecule has 2 aromatic heterocycles. The number of nitrogens with two attached hydrogens (primary N) is 1. The zero-order valence-electron chi connectivity index (χ0n) is 13.8. The average molecular weight is 406 g/mol. The van der Waals surface area contributed by atoms with Crippen molar-refractivity contribution in [3.8, 4) is 0 Å².